The second-order valence-electron chi connectivity index (χ2n) is 6.99. The van der Waals surface area contributed by atoms with Gasteiger partial charge in [-0.25, -0.2) is 0 Å². The maximum atomic E-state index is 12.9. The van der Waals surface area contributed by atoms with Crippen LogP contribution in [0.3, 0.4) is 0 Å². The summed E-state index contributed by atoms with van der Waals surface area (Å²) in [6.07, 6.45) is 1.52. The van der Waals surface area contributed by atoms with Crippen molar-refractivity contribution in [3.05, 3.63) is 53.9 Å². The Hall–Kier alpha value is -3.42. The van der Waals surface area contributed by atoms with E-state index in [9.17, 15) is 4.79 Å². The van der Waals surface area contributed by atoms with Crippen molar-refractivity contribution in [3.63, 3.8) is 0 Å². The van der Waals surface area contributed by atoms with Gasteiger partial charge in [-0.1, -0.05) is 12.1 Å². The summed E-state index contributed by atoms with van der Waals surface area (Å²) in [4.78, 5) is 14.7. The molecule has 2 aromatic heterocycles. The van der Waals surface area contributed by atoms with Gasteiger partial charge in [0.1, 0.15) is 17.5 Å². The van der Waals surface area contributed by atoms with Gasteiger partial charge in [0, 0.05) is 37.6 Å². The number of benzene rings is 1. The molecule has 0 aliphatic carbocycles. The van der Waals surface area contributed by atoms with E-state index in [0.29, 0.717) is 30.4 Å². The topological polar surface area (TPSA) is 93.2 Å². The average Bonchev–Trinajstić information content (AvgIpc) is 3.25. The van der Waals surface area contributed by atoms with E-state index in [4.69, 9.17) is 9.47 Å². The molecule has 1 saturated heterocycles. The Balaban J connectivity index is 1.37. The van der Waals surface area contributed by atoms with E-state index in [0.717, 1.165) is 29.8 Å². The fraction of sp³-hybridized carbons (Fsp3) is 0.333. The van der Waals surface area contributed by atoms with Gasteiger partial charge in [-0.05, 0) is 31.2 Å². The maximum absolute atomic E-state index is 12.9. The molecule has 1 amide bonds. The lowest BCUT2D eigenvalue weighted by Crippen LogP contribution is -2.42. The Morgan fingerprint density at radius 1 is 1.14 bits per heavy atom. The van der Waals surface area contributed by atoms with Crippen LogP contribution in [-0.4, -0.2) is 57.5 Å². The summed E-state index contributed by atoms with van der Waals surface area (Å²) in [5.74, 6) is 1.18. The Morgan fingerprint density at radius 3 is 2.66 bits per heavy atom. The molecule has 8 heteroatoms. The second kappa shape index (κ2) is 8.30. The van der Waals surface area contributed by atoms with Gasteiger partial charge in [-0.15, -0.1) is 5.10 Å². The van der Waals surface area contributed by atoms with Crippen molar-refractivity contribution >= 4 is 5.91 Å². The zero-order valence-corrected chi connectivity index (χ0v) is 16.5. The van der Waals surface area contributed by atoms with E-state index < -0.39 is 0 Å². The molecule has 1 aliphatic heterocycles. The monoisotopic (exact) mass is 393 g/mol. The fourth-order valence-corrected chi connectivity index (χ4v) is 3.39. The molecule has 4 rings (SSSR count). The number of H-pyrrole nitrogens is 1. The van der Waals surface area contributed by atoms with Crippen LogP contribution in [0.15, 0.2) is 42.5 Å². The van der Waals surface area contributed by atoms with E-state index in [1.54, 1.807) is 13.2 Å². The van der Waals surface area contributed by atoms with Crippen molar-refractivity contribution in [1.82, 2.24) is 25.3 Å². The summed E-state index contributed by atoms with van der Waals surface area (Å²) in [5, 5.41) is 15.2. The van der Waals surface area contributed by atoms with Gasteiger partial charge in [0.05, 0.1) is 18.5 Å². The molecule has 0 unspecified atom stereocenters. The molecule has 1 N–H and O–H groups in total. The maximum Gasteiger partial charge on any atom is 0.271 e. The lowest BCUT2D eigenvalue weighted by Gasteiger charge is -2.31. The molecule has 0 spiro atoms. The first-order chi connectivity index (χ1) is 14.1. The standard InChI is InChI=1S/C21H23N5O3/c1-14-7-8-20(25-22-14)29-15-9-11-26(12-10-15)21(27)18-13-17(23-24-18)16-5-3-4-6-19(16)28-2/h3-8,13,15H,9-12H2,1-2H3,(H,23,24). The number of likely N-dealkylation sites (tertiary alicyclic amines) is 1. The number of rotatable bonds is 5. The molecular weight excluding hydrogens is 370 g/mol. The number of hydrogen-bond donors (Lipinski definition) is 1. The molecule has 29 heavy (non-hydrogen) atoms. The number of amides is 1. The predicted molar refractivity (Wildman–Crippen MR) is 107 cm³/mol. The van der Waals surface area contributed by atoms with Gasteiger partial charge in [-0.2, -0.15) is 10.2 Å². The lowest BCUT2D eigenvalue weighted by atomic mass is 10.1. The third kappa shape index (κ3) is 4.21. The number of carbonyl (C=O) groups excluding carboxylic acids is 1. The first-order valence-corrected chi connectivity index (χ1v) is 9.59. The number of nitrogens with zero attached hydrogens (tertiary/aromatic N) is 4. The number of hydrogen-bond acceptors (Lipinski definition) is 6. The van der Waals surface area contributed by atoms with Crippen LogP contribution in [0.4, 0.5) is 0 Å². The van der Waals surface area contributed by atoms with Crippen molar-refractivity contribution in [2.45, 2.75) is 25.9 Å². The van der Waals surface area contributed by atoms with Crippen LogP contribution in [0.2, 0.25) is 0 Å². The highest BCUT2D eigenvalue weighted by atomic mass is 16.5. The normalized spacial score (nSPS) is 14.6. The summed E-state index contributed by atoms with van der Waals surface area (Å²) in [5.41, 5.74) is 2.85. The van der Waals surface area contributed by atoms with Crippen LogP contribution in [0.5, 0.6) is 11.6 Å². The molecule has 3 heterocycles. The molecule has 0 saturated carbocycles. The molecule has 0 radical (unpaired) electrons. The van der Waals surface area contributed by atoms with E-state index in [1.165, 1.54) is 0 Å². The summed E-state index contributed by atoms with van der Waals surface area (Å²) in [6.45, 7) is 3.12. The van der Waals surface area contributed by atoms with E-state index in [1.807, 2.05) is 48.2 Å². The van der Waals surface area contributed by atoms with Crippen LogP contribution >= 0.6 is 0 Å². The average molecular weight is 393 g/mol. The summed E-state index contributed by atoms with van der Waals surface area (Å²) in [6, 6.07) is 13.1. The number of piperidine rings is 1. The number of aromatic nitrogens is 4. The van der Waals surface area contributed by atoms with Crippen molar-refractivity contribution < 1.29 is 14.3 Å². The van der Waals surface area contributed by atoms with Crippen LogP contribution in [0, 0.1) is 6.92 Å². The van der Waals surface area contributed by atoms with Gasteiger partial charge < -0.3 is 14.4 Å². The molecule has 150 valence electrons. The Morgan fingerprint density at radius 2 is 1.93 bits per heavy atom. The first kappa shape index (κ1) is 18.9. The molecule has 1 aromatic carbocycles. The Bertz CT molecular complexity index is 978. The fourth-order valence-electron chi connectivity index (χ4n) is 3.39. The van der Waals surface area contributed by atoms with Gasteiger partial charge in [-0.3, -0.25) is 9.89 Å². The van der Waals surface area contributed by atoms with Crippen molar-refractivity contribution in [2.75, 3.05) is 20.2 Å². The summed E-state index contributed by atoms with van der Waals surface area (Å²) < 4.78 is 11.3. The van der Waals surface area contributed by atoms with Crippen molar-refractivity contribution in [2.24, 2.45) is 0 Å². The van der Waals surface area contributed by atoms with Gasteiger partial charge in [0.15, 0.2) is 0 Å². The largest absolute Gasteiger partial charge is 0.496 e. The Labute approximate surface area is 168 Å². The summed E-state index contributed by atoms with van der Waals surface area (Å²) >= 11 is 0. The van der Waals surface area contributed by atoms with Gasteiger partial charge >= 0.3 is 0 Å². The smallest absolute Gasteiger partial charge is 0.271 e. The number of carbonyl (C=O) groups is 1. The summed E-state index contributed by atoms with van der Waals surface area (Å²) in [7, 11) is 1.62. The minimum atomic E-state index is -0.0628. The molecule has 8 nitrogen and oxygen atoms in total. The second-order valence-corrected chi connectivity index (χ2v) is 6.99. The molecule has 1 aliphatic rings. The van der Waals surface area contributed by atoms with Crippen molar-refractivity contribution in [3.8, 4) is 22.9 Å². The Kier molecular flexibility index (Phi) is 5.41. The third-order valence-corrected chi connectivity index (χ3v) is 4.98. The number of nitrogens with one attached hydrogen (secondary N) is 1. The number of para-hydroxylation sites is 1. The van der Waals surface area contributed by atoms with E-state index >= 15 is 0 Å². The highest BCUT2D eigenvalue weighted by Gasteiger charge is 2.26. The van der Waals surface area contributed by atoms with Crippen LogP contribution < -0.4 is 9.47 Å². The van der Waals surface area contributed by atoms with Gasteiger partial charge in [0.2, 0.25) is 5.88 Å². The van der Waals surface area contributed by atoms with E-state index in [-0.39, 0.29) is 12.0 Å². The third-order valence-electron chi connectivity index (χ3n) is 4.98. The molecule has 1 fully saturated rings. The lowest BCUT2D eigenvalue weighted by molar-refractivity contribution is 0.0580. The SMILES string of the molecule is COc1ccccc1-c1cc(C(=O)N2CCC(Oc3ccc(C)nn3)CC2)[nH]n1. The van der Waals surface area contributed by atoms with Crippen molar-refractivity contribution in [1.29, 1.82) is 0 Å². The van der Waals surface area contributed by atoms with Gasteiger partial charge in [0.25, 0.3) is 5.91 Å². The first-order valence-electron chi connectivity index (χ1n) is 9.59. The quantitative estimate of drug-likeness (QED) is 0.716. The zero-order chi connectivity index (χ0) is 20.2. The molecule has 0 bridgehead atoms. The number of aryl methyl sites for hydroxylation is 1. The number of aromatic amines is 1. The zero-order valence-electron chi connectivity index (χ0n) is 16.5. The van der Waals surface area contributed by atoms with Crippen LogP contribution in [0.1, 0.15) is 29.0 Å². The highest BCUT2D eigenvalue weighted by Crippen LogP contribution is 2.28. The molecule has 3 aromatic rings. The van der Waals surface area contributed by atoms with Crippen LogP contribution in [-0.2, 0) is 0 Å². The van der Waals surface area contributed by atoms with E-state index in [2.05, 4.69) is 20.4 Å². The molecule has 0 atom stereocenters. The highest BCUT2D eigenvalue weighted by molar-refractivity contribution is 5.93. The number of ether oxygens (including phenoxy) is 2. The predicted octanol–water partition coefficient (Wildman–Crippen LogP) is 2.87. The van der Waals surface area contributed by atoms with Crippen LogP contribution in [0.25, 0.3) is 11.3 Å². The number of methoxy groups -OCH3 is 1. The minimum Gasteiger partial charge on any atom is -0.496 e. The molecular formula is C21H23N5O3. The minimum absolute atomic E-state index is 0.0296.